The number of carbonyl (C=O) groups is 4. The van der Waals surface area contributed by atoms with Crippen molar-refractivity contribution in [3.8, 4) is 22.8 Å². The normalized spacial score (nSPS) is 21.8. The standard InChI is InChI=1S/2C24H28N6O4.CH4/c2*31-20-6-5-19-21-18(7-8-30(19)20)23(29-9-11-33-12-10-29)28-22(27-21)15-1-3-16(4-2-15)25-24(32)26-17-13-34-14-17;/h2*1-4,17,19H,5-14H2,(H2,25,26,32);1H4. The number of morpholine rings is 2. The van der Waals surface area contributed by atoms with Gasteiger partial charge in [0.05, 0.1) is 88.4 Å². The topological polar surface area (TPSA) is 218 Å². The van der Waals surface area contributed by atoms with Gasteiger partial charge in [-0.2, -0.15) is 0 Å². The molecular weight excluding hydrogens is 885 g/mol. The second kappa shape index (κ2) is 20.2. The van der Waals surface area contributed by atoms with Gasteiger partial charge >= 0.3 is 12.1 Å². The van der Waals surface area contributed by atoms with Crippen molar-refractivity contribution in [3.05, 3.63) is 71.0 Å². The Bertz CT molecular complexity index is 2370. The van der Waals surface area contributed by atoms with Crippen molar-refractivity contribution in [1.82, 2.24) is 40.4 Å². The molecule has 69 heavy (non-hydrogen) atoms. The number of urea groups is 2. The van der Waals surface area contributed by atoms with Crippen LogP contribution in [0.3, 0.4) is 0 Å². The van der Waals surface area contributed by atoms with Crippen molar-refractivity contribution < 1.29 is 38.1 Å². The number of ether oxygens (including phenoxy) is 4. The third-order valence-corrected chi connectivity index (χ3v) is 13.9. The lowest BCUT2D eigenvalue weighted by molar-refractivity contribution is -0.130. The van der Waals surface area contributed by atoms with E-state index in [1.807, 2.05) is 58.3 Å². The highest BCUT2D eigenvalue weighted by molar-refractivity contribution is 5.90. The maximum Gasteiger partial charge on any atom is 0.319 e. The molecule has 6 amide bonds. The van der Waals surface area contributed by atoms with Gasteiger partial charge in [0.15, 0.2) is 11.6 Å². The van der Waals surface area contributed by atoms with E-state index in [1.165, 1.54) is 0 Å². The molecule has 2 unspecified atom stereocenters. The largest absolute Gasteiger partial charge is 0.378 e. The van der Waals surface area contributed by atoms with Crippen LogP contribution in [0.2, 0.25) is 0 Å². The van der Waals surface area contributed by atoms with Gasteiger partial charge in [-0.3, -0.25) is 9.59 Å². The molecule has 0 aliphatic carbocycles. The van der Waals surface area contributed by atoms with Crippen LogP contribution in [0.5, 0.6) is 0 Å². The first-order valence-corrected chi connectivity index (χ1v) is 23.9. The second-order valence-corrected chi connectivity index (χ2v) is 18.3. The van der Waals surface area contributed by atoms with Crippen LogP contribution < -0.4 is 31.1 Å². The number of nitrogens with one attached hydrogen (secondary N) is 4. The van der Waals surface area contributed by atoms with Gasteiger partial charge in [-0.05, 0) is 74.2 Å². The third-order valence-electron chi connectivity index (χ3n) is 13.9. The van der Waals surface area contributed by atoms with Crippen LogP contribution in [-0.2, 0) is 41.4 Å². The fraction of sp³-hybridized carbons (Fsp3) is 0.510. The molecule has 20 heteroatoms. The Labute approximate surface area is 400 Å². The zero-order valence-corrected chi connectivity index (χ0v) is 37.9. The molecule has 364 valence electrons. The number of hydrogen-bond acceptors (Lipinski definition) is 14. The quantitative estimate of drug-likeness (QED) is 0.196. The summed E-state index contributed by atoms with van der Waals surface area (Å²) in [6, 6.07) is 14.8. The molecular formula is C49H60N12O8. The number of rotatable bonds is 8. The minimum atomic E-state index is -0.244. The molecule has 12 rings (SSSR count). The fourth-order valence-corrected chi connectivity index (χ4v) is 10.2. The van der Waals surface area contributed by atoms with Crippen LogP contribution in [0.1, 0.15) is 67.7 Å². The second-order valence-electron chi connectivity index (χ2n) is 18.3. The molecule has 0 spiro atoms. The lowest BCUT2D eigenvalue weighted by atomic mass is 9.97. The molecule has 2 aromatic heterocycles. The number of anilines is 4. The van der Waals surface area contributed by atoms with Crippen LogP contribution in [-0.4, -0.2) is 158 Å². The third kappa shape index (κ3) is 9.75. The van der Waals surface area contributed by atoms with Crippen molar-refractivity contribution in [2.45, 2.75) is 70.1 Å². The molecule has 8 aliphatic heterocycles. The Morgan fingerprint density at radius 3 is 1.26 bits per heavy atom. The van der Waals surface area contributed by atoms with E-state index < -0.39 is 0 Å². The zero-order valence-electron chi connectivity index (χ0n) is 37.9. The molecule has 10 heterocycles. The number of hydrogen-bond donors (Lipinski definition) is 4. The Balaban J connectivity index is 0.000000158. The molecule has 20 nitrogen and oxygen atoms in total. The number of aromatic nitrogens is 4. The van der Waals surface area contributed by atoms with Crippen molar-refractivity contribution in [2.75, 3.05) is 113 Å². The van der Waals surface area contributed by atoms with Crippen molar-refractivity contribution in [1.29, 1.82) is 0 Å². The predicted molar refractivity (Wildman–Crippen MR) is 256 cm³/mol. The van der Waals surface area contributed by atoms with Crippen LogP contribution in [0.4, 0.5) is 32.6 Å². The minimum Gasteiger partial charge on any atom is -0.378 e. The van der Waals surface area contributed by atoms with E-state index in [2.05, 4.69) is 31.1 Å². The van der Waals surface area contributed by atoms with Crippen LogP contribution in [0.25, 0.3) is 22.8 Å². The summed E-state index contributed by atoms with van der Waals surface area (Å²) in [5.74, 6) is 3.64. The van der Waals surface area contributed by atoms with Crippen LogP contribution in [0.15, 0.2) is 48.5 Å². The fourth-order valence-electron chi connectivity index (χ4n) is 10.2. The van der Waals surface area contributed by atoms with Gasteiger partial charge in [0.2, 0.25) is 11.8 Å². The Morgan fingerprint density at radius 2 is 0.899 bits per heavy atom. The number of nitrogens with zero attached hydrogens (tertiary/aromatic N) is 8. The first-order chi connectivity index (χ1) is 33.3. The molecule has 4 aromatic rings. The summed E-state index contributed by atoms with van der Waals surface area (Å²) in [5.41, 5.74) is 7.42. The van der Waals surface area contributed by atoms with Crippen LogP contribution >= 0.6 is 0 Å². The van der Waals surface area contributed by atoms with E-state index >= 15 is 0 Å². The van der Waals surface area contributed by atoms with E-state index in [9.17, 15) is 19.2 Å². The Morgan fingerprint density at radius 1 is 0.507 bits per heavy atom. The molecule has 4 N–H and O–H groups in total. The predicted octanol–water partition coefficient (Wildman–Crippen LogP) is 4.08. The highest BCUT2D eigenvalue weighted by Crippen LogP contribution is 2.43. The van der Waals surface area contributed by atoms with Gasteiger partial charge in [-0.1, -0.05) is 7.43 Å². The summed E-state index contributed by atoms with van der Waals surface area (Å²) < 4.78 is 21.3. The average molecular weight is 945 g/mol. The Kier molecular flexibility index (Phi) is 13.6. The van der Waals surface area contributed by atoms with Gasteiger partial charge in [0.1, 0.15) is 11.6 Å². The summed E-state index contributed by atoms with van der Waals surface area (Å²) in [5, 5.41) is 11.4. The molecule has 0 radical (unpaired) electrons. The summed E-state index contributed by atoms with van der Waals surface area (Å²) in [4.78, 5) is 77.5. The summed E-state index contributed by atoms with van der Waals surface area (Å²) in [7, 11) is 0. The maximum atomic E-state index is 12.4. The van der Waals surface area contributed by atoms with Gasteiger partial charge in [0.25, 0.3) is 0 Å². The smallest absolute Gasteiger partial charge is 0.319 e. The number of amides is 6. The van der Waals surface area contributed by atoms with Crippen molar-refractivity contribution >= 4 is 46.9 Å². The SMILES string of the molecule is C.O=C(Nc1ccc(-c2nc3c(c(N4CCOCC4)n2)CCN2C(=O)CCC32)cc1)NC1COC1.O=C(Nc1ccc(-c2nc3c(c(N4CCOCC4)n2)CCN2C(=O)CCC32)cc1)NC1COC1. The van der Waals surface area contributed by atoms with Crippen molar-refractivity contribution in [3.63, 3.8) is 0 Å². The molecule has 6 saturated heterocycles. The molecule has 2 atom stereocenters. The highest BCUT2D eigenvalue weighted by Gasteiger charge is 2.41. The maximum absolute atomic E-state index is 12.4. The minimum absolute atomic E-state index is 0. The monoisotopic (exact) mass is 944 g/mol. The number of benzene rings is 2. The highest BCUT2D eigenvalue weighted by atomic mass is 16.5. The average Bonchev–Trinajstić information content (AvgIpc) is 3.93. The first-order valence-electron chi connectivity index (χ1n) is 23.9. The number of carbonyl (C=O) groups excluding carboxylic acids is 4. The van der Waals surface area contributed by atoms with Crippen LogP contribution in [0, 0.1) is 0 Å². The van der Waals surface area contributed by atoms with Gasteiger partial charge in [-0.15, -0.1) is 0 Å². The van der Waals surface area contributed by atoms with E-state index in [4.69, 9.17) is 38.9 Å². The van der Waals surface area contributed by atoms with Gasteiger partial charge in [-0.25, -0.2) is 29.5 Å². The first kappa shape index (κ1) is 46.3. The molecule has 0 bridgehead atoms. The van der Waals surface area contributed by atoms with Gasteiger partial charge in [0, 0.05) is 85.7 Å². The van der Waals surface area contributed by atoms with Crippen molar-refractivity contribution in [2.24, 2.45) is 0 Å². The summed E-state index contributed by atoms with van der Waals surface area (Å²) in [6.07, 6.45) is 4.30. The molecule has 0 saturated carbocycles. The van der Waals surface area contributed by atoms with E-state index in [1.54, 1.807) is 0 Å². The van der Waals surface area contributed by atoms with E-state index in [-0.39, 0.29) is 55.5 Å². The summed E-state index contributed by atoms with van der Waals surface area (Å²) in [6.45, 7) is 9.55. The molecule has 8 aliphatic rings. The lowest BCUT2D eigenvalue weighted by Crippen LogP contribution is -2.49. The molecule has 2 aromatic carbocycles. The zero-order chi connectivity index (χ0) is 46.1. The Hall–Kier alpha value is -6.48. The molecule has 6 fully saturated rings. The van der Waals surface area contributed by atoms with E-state index in [0.717, 1.165) is 110 Å². The summed E-state index contributed by atoms with van der Waals surface area (Å²) >= 11 is 0. The van der Waals surface area contributed by atoms with Gasteiger partial charge < -0.3 is 59.8 Å². The number of fused-ring (bicyclic) bond motifs is 6. The van der Waals surface area contributed by atoms with E-state index in [0.29, 0.717) is 88.7 Å². The lowest BCUT2D eigenvalue weighted by Gasteiger charge is -2.36.